The molecular formula is C16H16ClN3O. The normalized spacial score (nSPS) is 11.7. The molecule has 1 aromatic heterocycles. The van der Waals surface area contributed by atoms with Crippen LogP contribution in [-0.4, -0.2) is 9.78 Å². The number of anilines is 1. The maximum Gasteiger partial charge on any atom is 0.292 e. The van der Waals surface area contributed by atoms with Gasteiger partial charge in [-0.05, 0) is 12.0 Å². The highest BCUT2D eigenvalue weighted by Crippen LogP contribution is 2.24. The lowest BCUT2D eigenvalue weighted by atomic mass is 10.0. The summed E-state index contributed by atoms with van der Waals surface area (Å²) in [5.41, 5.74) is 1.11. The van der Waals surface area contributed by atoms with Gasteiger partial charge in [0.1, 0.15) is 12.2 Å². The molecule has 1 unspecified atom stereocenters. The summed E-state index contributed by atoms with van der Waals surface area (Å²) in [7, 11) is 0. The number of hydrogen-bond acceptors (Lipinski definition) is 3. The molecule has 0 aliphatic carbocycles. The first kappa shape index (κ1) is 15.1. The van der Waals surface area contributed by atoms with E-state index in [1.54, 1.807) is 0 Å². The molecule has 0 amide bonds. The first-order chi connectivity index (χ1) is 10.2. The summed E-state index contributed by atoms with van der Waals surface area (Å²) in [4.78, 5) is 12.3. The van der Waals surface area contributed by atoms with E-state index in [0.29, 0.717) is 10.7 Å². The maximum absolute atomic E-state index is 12.3. The minimum absolute atomic E-state index is 0.00177. The molecule has 108 valence electrons. The van der Waals surface area contributed by atoms with Crippen LogP contribution in [0.25, 0.3) is 0 Å². The monoisotopic (exact) mass is 301 g/mol. The fourth-order valence-electron chi connectivity index (χ4n) is 2.08. The van der Waals surface area contributed by atoms with Gasteiger partial charge in [-0.15, -0.1) is 6.42 Å². The Morgan fingerprint density at radius 3 is 2.76 bits per heavy atom. The second-order valence-corrected chi connectivity index (χ2v) is 4.96. The average molecular weight is 302 g/mol. The topological polar surface area (TPSA) is 46.9 Å². The van der Waals surface area contributed by atoms with Gasteiger partial charge in [0.2, 0.25) is 0 Å². The zero-order valence-electron chi connectivity index (χ0n) is 11.7. The van der Waals surface area contributed by atoms with Crippen LogP contribution in [0.5, 0.6) is 0 Å². The van der Waals surface area contributed by atoms with Crippen LogP contribution in [0.15, 0.2) is 41.3 Å². The number of rotatable bonds is 5. The lowest BCUT2D eigenvalue weighted by molar-refractivity contribution is 0.658. The summed E-state index contributed by atoms with van der Waals surface area (Å²) in [6, 6.07) is 9.90. The van der Waals surface area contributed by atoms with E-state index < -0.39 is 0 Å². The summed E-state index contributed by atoms with van der Waals surface area (Å²) >= 11 is 6.10. The molecule has 1 aromatic carbocycles. The predicted octanol–water partition coefficient (Wildman–Crippen LogP) is 3.09. The maximum atomic E-state index is 12.3. The van der Waals surface area contributed by atoms with Crippen LogP contribution < -0.4 is 10.9 Å². The average Bonchev–Trinajstić information content (AvgIpc) is 2.51. The highest BCUT2D eigenvalue weighted by molar-refractivity contribution is 6.33. The molecule has 2 aromatic rings. The molecule has 0 saturated carbocycles. The van der Waals surface area contributed by atoms with Crippen molar-refractivity contribution < 1.29 is 0 Å². The van der Waals surface area contributed by atoms with Crippen molar-refractivity contribution in [1.29, 1.82) is 0 Å². The molecule has 4 nitrogen and oxygen atoms in total. The lowest BCUT2D eigenvalue weighted by Crippen LogP contribution is -2.27. The highest BCUT2D eigenvalue weighted by Gasteiger charge is 2.15. The van der Waals surface area contributed by atoms with Crippen molar-refractivity contribution >= 4 is 17.3 Å². The molecule has 2 rings (SSSR count). The molecule has 0 bridgehead atoms. The fraction of sp³-hybridized carbons (Fsp3) is 0.250. The van der Waals surface area contributed by atoms with Crippen molar-refractivity contribution in [3.63, 3.8) is 0 Å². The molecule has 5 heteroatoms. The zero-order chi connectivity index (χ0) is 15.2. The largest absolute Gasteiger partial charge is 0.372 e. The molecule has 0 fully saturated rings. The van der Waals surface area contributed by atoms with Gasteiger partial charge >= 0.3 is 0 Å². The Labute approximate surface area is 128 Å². The van der Waals surface area contributed by atoms with Gasteiger partial charge < -0.3 is 5.32 Å². The minimum Gasteiger partial charge on any atom is -0.372 e. The molecule has 1 N–H and O–H groups in total. The number of nitrogens with zero attached hydrogens (tertiary/aromatic N) is 2. The molecule has 0 saturated heterocycles. The third-order valence-corrected chi connectivity index (χ3v) is 3.45. The number of aromatic nitrogens is 2. The van der Waals surface area contributed by atoms with E-state index in [1.807, 2.05) is 37.3 Å². The van der Waals surface area contributed by atoms with Gasteiger partial charge in [0.15, 0.2) is 0 Å². The van der Waals surface area contributed by atoms with Crippen molar-refractivity contribution in [2.75, 3.05) is 5.32 Å². The summed E-state index contributed by atoms with van der Waals surface area (Å²) in [5.74, 6) is 2.40. The van der Waals surface area contributed by atoms with Crippen molar-refractivity contribution in [3.8, 4) is 12.3 Å². The number of benzene rings is 1. The van der Waals surface area contributed by atoms with Gasteiger partial charge in [-0.3, -0.25) is 4.79 Å². The first-order valence-electron chi connectivity index (χ1n) is 6.68. The standard InChI is InChI=1S/C16H16ClN3O/c1-3-10-20-16(21)15(13(17)11-18-20)19-14(4-2)12-8-6-5-7-9-12/h1,5-9,11,14,19H,4,10H2,2H3. The van der Waals surface area contributed by atoms with Crippen LogP contribution in [0.1, 0.15) is 24.9 Å². The van der Waals surface area contributed by atoms with E-state index >= 15 is 0 Å². The molecule has 1 heterocycles. The summed E-state index contributed by atoms with van der Waals surface area (Å²) in [6.45, 7) is 2.16. The molecule has 0 radical (unpaired) electrons. The molecule has 0 spiro atoms. The van der Waals surface area contributed by atoms with Crippen LogP contribution >= 0.6 is 11.6 Å². The smallest absolute Gasteiger partial charge is 0.292 e. The van der Waals surface area contributed by atoms with E-state index in [0.717, 1.165) is 12.0 Å². The van der Waals surface area contributed by atoms with Crippen molar-refractivity contribution in [2.24, 2.45) is 0 Å². The van der Waals surface area contributed by atoms with Gasteiger partial charge in [0, 0.05) is 0 Å². The number of halogens is 1. The van der Waals surface area contributed by atoms with E-state index in [9.17, 15) is 4.79 Å². The van der Waals surface area contributed by atoms with Crippen LogP contribution in [-0.2, 0) is 6.54 Å². The van der Waals surface area contributed by atoms with Gasteiger partial charge in [-0.25, -0.2) is 4.68 Å². The molecule has 0 aliphatic rings. The number of nitrogens with one attached hydrogen (secondary N) is 1. The Balaban J connectivity index is 2.36. The van der Waals surface area contributed by atoms with Gasteiger partial charge in [-0.1, -0.05) is 54.8 Å². The van der Waals surface area contributed by atoms with E-state index in [4.69, 9.17) is 18.0 Å². The Bertz CT molecular complexity index is 704. The van der Waals surface area contributed by atoms with Crippen molar-refractivity contribution in [3.05, 3.63) is 57.5 Å². The van der Waals surface area contributed by atoms with Crippen LogP contribution in [0.3, 0.4) is 0 Å². The third-order valence-electron chi connectivity index (χ3n) is 3.17. The molecule has 21 heavy (non-hydrogen) atoms. The Kier molecular flexibility index (Phi) is 5.02. The molecule has 0 aliphatic heterocycles. The Morgan fingerprint density at radius 2 is 2.14 bits per heavy atom. The third kappa shape index (κ3) is 3.45. The predicted molar refractivity (Wildman–Crippen MR) is 85.4 cm³/mol. The van der Waals surface area contributed by atoms with Crippen molar-refractivity contribution in [1.82, 2.24) is 9.78 Å². The van der Waals surface area contributed by atoms with Crippen molar-refractivity contribution in [2.45, 2.75) is 25.9 Å². The summed E-state index contributed by atoms with van der Waals surface area (Å²) in [5, 5.41) is 7.42. The molecular weight excluding hydrogens is 286 g/mol. The number of hydrogen-bond donors (Lipinski definition) is 1. The Morgan fingerprint density at radius 1 is 1.43 bits per heavy atom. The van der Waals surface area contributed by atoms with Crippen LogP contribution in [0.4, 0.5) is 5.69 Å². The second kappa shape index (κ2) is 6.96. The summed E-state index contributed by atoms with van der Waals surface area (Å²) in [6.07, 6.45) is 7.48. The SMILES string of the molecule is C#CCn1ncc(Cl)c(NC(CC)c2ccccc2)c1=O. The fourth-order valence-corrected chi connectivity index (χ4v) is 2.26. The number of terminal acetylenes is 1. The van der Waals surface area contributed by atoms with Gasteiger partial charge in [-0.2, -0.15) is 5.10 Å². The second-order valence-electron chi connectivity index (χ2n) is 4.55. The quantitative estimate of drug-likeness (QED) is 0.863. The minimum atomic E-state index is -0.310. The van der Waals surface area contributed by atoms with E-state index in [2.05, 4.69) is 16.3 Å². The zero-order valence-corrected chi connectivity index (χ0v) is 12.5. The van der Waals surface area contributed by atoms with Gasteiger partial charge in [0.25, 0.3) is 5.56 Å². The Hall–Kier alpha value is -2.25. The van der Waals surface area contributed by atoms with Crippen LogP contribution in [0, 0.1) is 12.3 Å². The first-order valence-corrected chi connectivity index (χ1v) is 7.05. The lowest BCUT2D eigenvalue weighted by Gasteiger charge is -2.19. The van der Waals surface area contributed by atoms with Gasteiger partial charge in [0.05, 0.1) is 17.3 Å². The van der Waals surface area contributed by atoms with Crippen LogP contribution in [0.2, 0.25) is 5.02 Å². The summed E-state index contributed by atoms with van der Waals surface area (Å²) < 4.78 is 1.21. The highest BCUT2D eigenvalue weighted by atomic mass is 35.5. The molecule has 1 atom stereocenters. The van der Waals surface area contributed by atoms with E-state index in [1.165, 1.54) is 10.9 Å². The van der Waals surface area contributed by atoms with E-state index in [-0.39, 0.29) is 18.1 Å².